The molecule has 0 atom stereocenters. The predicted octanol–water partition coefficient (Wildman–Crippen LogP) is 2.97. The van der Waals surface area contributed by atoms with Crippen LogP contribution < -0.4 is 0 Å². The standard InChI is InChI=1S/C10H21O.ClH.H2O.O.Sb/c1-2-3-4-5-6-7-8-9-10-11;;;;/h2-10H2,1H3;1H;1H2;;/q-1;;;;+2/p-1. The van der Waals surface area contributed by atoms with Gasteiger partial charge in [0.1, 0.15) is 0 Å². The van der Waals surface area contributed by atoms with Gasteiger partial charge >= 0.3 is 95.4 Å². The molecule has 1 N–H and O–H groups in total. The van der Waals surface area contributed by atoms with E-state index in [1.807, 2.05) is 0 Å². The third-order valence-corrected chi connectivity index (χ3v) is 3.35. The first kappa shape index (κ1) is 18.2. The Morgan fingerprint density at radius 2 is 1.47 bits per heavy atom. The molecule has 93 valence electrons. The first-order chi connectivity index (χ1) is 6.77. The predicted molar refractivity (Wildman–Crippen MR) is 64.5 cm³/mol. The summed E-state index contributed by atoms with van der Waals surface area (Å²) in [6, 6.07) is 0. The van der Waals surface area contributed by atoms with Gasteiger partial charge in [0, 0.05) is 0 Å². The van der Waals surface area contributed by atoms with Crippen molar-refractivity contribution in [2.75, 3.05) is 6.61 Å². The maximum atomic E-state index is 10.3. The molecule has 0 amide bonds. The van der Waals surface area contributed by atoms with Crippen LogP contribution in [0.5, 0.6) is 0 Å². The van der Waals surface area contributed by atoms with Gasteiger partial charge < -0.3 is 0 Å². The summed E-state index contributed by atoms with van der Waals surface area (Å²) in [7, 11) is 0. The van der Waals surface area contributed by atoms with Crippen LogP contribution in [0.15, 0.2) is 0 Å². The Balaban J connectivity index is 0. The van der Waals surface area contributed by atoms with Crippen molar-refractivity contribution >= 4 is 33.4 Å². The molecule has 0 aromatic rings. The molecule has 0 aliphatic rings. The Bertz CT molecular complexity index is 145. The molecule has 0 unspecified atom stereocenters. The van der Waals surface area contributed by atoms with Crippen LogP contribution in [0.2, 0.25) is 0 Å². The Hall–Kier alpha value is 0.828. The van der Waals surface area contributed by atoms with Crippen LogP contribution in [-0.4, -0.2) is 31.0 Å². The van der Waals surface area contributed by atoms with Crippen LogP contribution in [0.4, 0.5) is 0 Å². The van der Waals surface area contributed by atoms with E-state index >= 15 is 0 Å². The van der Waals surface area contributed by atoms with Crippen LogP contribution in [0.3, 0.4) is 0 Å². The van der Waals surface area contributed by atoms with Gasteiger partial charge in [-0.15, -0.1) is 12.4 Å². The molecule has 0 aliphatic heterocycles. The van der Waals surface area contributed by atoms with E-state index in [2.05, 4.69) is 9.94 Å². The maximum absolute atomic E-state index is 10.3. The van der Waals surface area contributed by atoms with Gasteiger partial charge in [-0.2, -0.15) is 0 Å². The van der Waals surface area contributed by atoms with Crippen molar-refractivity contribution in [3.05, 3.63) is 0 Å². The fourth-order valence-electron chi connectivity index (χ4n) is 1.38. The number of halogens is 1. The summed E-state index contributed by atoms with van der Waals surface area (Å²) in [5.41, 5.74) is 0. The molecule has 0 saturated heterocycles. The molecular formula is C10H23ClO3Sb. The number of rotatable bonds is 10. The molecule has 0 aliphatic carbocycles. The van der Waals surface area contributed by atoms with Gasteiger partial charge in [-0.05, 0) is 0 Å². The fourth-order valence-corrected chi connectivity index (χ4v) is 2.19. The molecule has 0 rings (SSSR count). The monoisotopic (exact) mass is 347 g/mol. The maximum Gasteiger partial charge on any atom is -0.147 e. The Kier molecular flexibility index (Phi) is 18.0. The van der Waals surface area contributed by atoms with Crippen molar-refractivity contribution in [1.82, 2.24) is 0 Å². The summed E-state index contributed by atoms with van der Waals surface area (Å²) in [5.74, 6) is 0. The van der Waals surface area contributed by atoms with E-state index < -0.39 is 21.0 Å². The summed E-state index contributed by atoms with van der Waals surface area (Å²) in [6.07, 6.45) is 9.89. The number of hydrogen-bond acceptors (Lipinski definition) is 2. The summed E-state index contributed by atoms with van der Waals surface area (Å²) in [5, 5.41) is 0. The van der Waals surface area contributed by atoms with E-state index in [-0.39, 0.29) is 12.4 Å². The Morgan fingerprint density at radius 3 is 1.93 bits per heavy atom. The van der Waals surface area contributed by atoms with Gasteiger partial charge in [0.25, 0.3) is 0 Å². The normalized spacial score (nSPS) is 9.73. The fraction of sp³-hybridized carbons (Fsp3) is 1.00. The average Bonchev–Trinajstić information content (AvgIpc) is 2.15. The largest absolute Gasteiger partial charge is 0.147 e. The van der Waals surface area contributed by atoms with Gasteiger partial charge in [0.2, 0.25) is 0 Å². The van der Waals surface area contributed by atoms with E-state index in [9.17, 15) is 3.02 Å². The summed E-state index contributed by atoms with van der Waals surface area (Å²) in [6.45, 7) is 2.69. The molecule has 5 heteroatoms. The van der Waals surface area contributed by atoms with Crippen LogP contribution in [-0.2, 0) is 6.03 Å². The van der Waals surface area contributed by atoms with Crippen LogP contribution in [0.1, 0.15) is 58.3 Å². The number of hydrogen-bond donors (Lipinski definition) is 1. The molecule has 15 heavy (non-hydrogen) atoms. The second-order valence-corrected chi connectivity index (χ2v) is 5.64. The van der Waals surface area contributed by atoms with E-state index in [1.165, 1.54) is 38.5 Å². The van der Waals surface area contributed by atoms with Crippen LogP contribution >= 0.6 is 12.4 Å². The van der Waals surface area contributed by atoms with Crippen molar-refractivity contribution in [2.24, 2.45) is 0 Å². The van der Waals surface area contributed by atoms with Crippen molar-refractivity contribution in [3.63, 3.8) is 0 Å². The first-order valence-corrected chi connectivity index (χ1v) is 8.79. The smallest absolute Gasteiger partial charge is 0.147 e. The van der Waals surface area contributed by atoms with Gasteiger partial charge in [0.05, 0.1) is 0 Å². The number of unbranched alkanes of at least 4 members (excludes halogenated alkanes) is 7. The van der Waals surface area contributed by atoms with Crippen molar-refractivity contribution in [2.45, 2.75) is 58.3 Å². The molecular weight excluding hydrogens is 325 g/mol. The molecule has 0 aromatic heterocycles. The van der Waals surface area contributed by atoms with E-state index in [1.54, 1.807) is 0 Å². The van der Waals surface area contributed by atoms with Gasteiger partial charge in [0.15, 0.2) is 0 Å². The van der Waals surface area contributed by atoms with Crippen molar-refractivity contribution in [1.29, 1.82) is 0 Å². The third-order valence-electron chi connectivity index (χ3n) is 2.20. The zero-order valence-electron chi connectivity index (χ0n) is 9.48. The minimum Gasteiger partial charge on any atom is -0.147 e. The van der Waals surface area contributed by atoms with Gasteiger partial charge in [-0.1, -0.05) is 0 Å². The Labute approximate surface area is 107 Å². The molecule has 0 bridgehead atoms. The summed E-state index contributed by atoms with van der Waals surface area (Å²) >= 11 is -3.36. The molecule has 1 radical (unpaired) electrons. The topological polar surface area (TPSA) is 46.5 Å². The SMILES string of the molecule is CCCCCCCCCC[O][Sb](=[O])[OH].Cl. The van der Waals surface area contributed by atoms with Gasteiger partial charge in [-0.25, -0.2) is 0 Å². The molecule has 3 nitrogen and oxygen atoms in total. The van der Waals surface area contributed by atoms with E-state index in [0.29, 0.717) is 6.61 Å². The third kappa shape index (κ3) is 17.4. The molecule has 0 aromatic carbocycles. The average molecular weight is 349 g/mol. The van der Waals surface area contributed by atoms with Crippen LogP contribution in [0.25, 0.3) is 0 Å². The molecule has 0 heterocycles. The zero-order chi connectivity index (χ0) is 10.6. The molecule has 0 spiro atoms. The summed E-state index contributed by atoms with van der Waals surface area (Å²) in [4.78, 5) is 0. The van der Waals surface area contributed by atoms with Crippen molar-refractivity contribution in [3.8, 4) is 0 Å². The molecule has 0 fully saturated rings. The quantitative estimate of drug-likeness (QED) is 0.488. The van der Waals surface area contributed by atoms with Crippen molar-refractivity contribution < 1.29 is 9.42 Å². The van der Waals surface area contributed by atoms with Crippen LogP contribution in [0, 0.1) is 0 Å². The second kappa shape index (κ2) is 14.8. The minimum atomic E-state index is -3.36. The van der Waals surface area contributed by atoms with E-state index in [4.69, 9.17) is 3.39 Å². The molecule has 0 saturated carbocycles. The Morgan fingerprint density at radius 1 is 1.00 bits per heavy atom. The minimum absolute atomic E-state index is 0. The van der Waals surface area contributed by atoms with Gasteiger partial charge in [-0.3, -0.25) is 0 Å². The first-order valence-electron chi connectivity index (χ1n) is 5.56. The summed E-state index contributed by atoms with van der Waals surface area (Å²) < 4.78 is 23.4. The van der Waals surface area contributed by atoms with E-state index in [0.717, 1.165) is 12.8 Å². The zero-order valence-corrected chi connectivity index (χ0v) is 12.9. The second-order valence-electron chi connectivity index (χ2n) is 3.55.